The fraction of sp³-hybridized carbons (Fsp3) is 0.500. The van der Waals surface area contributed by atoms with Crippen LogP contribution in [0.25, 0.3) is 11.1 Å². The van der Waals surface area contributed by atoms with E-state index in [-0.39, 0.29) is 5.02 Å². The van der Waals surface area contributed by atoms with E-state index in [1.165, 1.54) is 18.6 Å². The molecule has 1 aliphatic carbocycles. The summed E-state index contributed by atoms with van der Waals surface area (Å²) in [6.45, 7) is 2.18. The van der Waals surface area contributed by atoms with Gasteiger partial charge in [0, 0.05) is 6.07 Å². The van der Waals surface area contributed by atoms with E-state index in [1.807, 2.05) is 0 Å². The first-order valence-corrected chi connectivity index (χ1v) is 6.91. The van der Waals surface area contributed by atoms with E-state index in [2.05, 4.69) is 11.9 Å². The second kappa shape index (κ2) is 4.46. The summed E-state index contributed by atoms with van der Waals surface area (Å²) in [5, 5.41) is 0.237. The summed E-state index contributed by atoms with van der Waals surface area (Å²) < 4.78 is 19.0. The topological polar surface area (TPSA) is 52.0 Å². The number of benzene rings is 1. The van der Waals surface area contributed by atoms with E-state index < -0.39 is 11.4 Å². The lowest BCUT2D eigenvalue weighted by molar-refractivity contribution is 0.201. The van der Waals surface area contributed by atoms with Gasteiger partial charge in [0.05, 0.1) is 10.6 Å². The molecule has 5 heteroatoms. The molecule has 1 fully saturated rings. The Bertz CT molecular complexity index is 627. The van der Waals surface area contributed by atoms with Crippen molar-refractivity contribution in [1.29, 1.82) is 0 Å². The fourth-order valence-corrected chi connectivity index (χ4v) is 3.20. The largest absolute Gasteiger partial charge is 0.437 e. The van der Waals surface area contributed by atoms with Crippen molar-refractivity contribution >= 4 is 22.7 Å². The zero-order valence-electron chi connectivity index (χ0n) is 10.7. The van der Waals surface area contributed by atoms with Crippen LogP contribution in [0, 0.1) is 11.7 Å². The SMILES string of the molecule is CC1CCCC(N)(c2nc3cc(F)cc(Cl)c3o2)C1. The molecule has 1 heterocycles. The molecule has 1 aliphatic rings. The van der Waals surface area contributed by atoms with Gasteiger partial charge in [-0.2, -0.15) is 0 Å². The summed E-state index contributed by atoms with van der Waals surface area (Å²) in [6, 6.07) is 2.55. The standard InChI is InChI=1S/C14H16ClFN2O/c1-8-3-2-4-14(17,7-8)13-18-11-6-9(16)5-10(15)12(11)19-13/h5-6,8H,2-4,7,17H2,1H3. The molecule has 0 bridgehead atoms. The number of oxazole rings is 1. The maximum atomic E-state index is 13.3. The van der Waals surface area contributed by atoms with Gasteiger partial charge >= 0.3 is 0 Å². The average Bonchev–Trinajstić information content (AvgIpc) is 2.73. The Balaban J connectivity index is 2.08. The molecule has 0 amide bonds. The van der Waals surface area contributed by atoms with Crippen LogP contribution in [0.2, 0.25) is 5.02 Å². The number of nitrogens with zero attached hydrogens (tertiary/aromatic N) is 1. The number of halogens is 2. The fourth-order valence-electron chi connectivity index (χ4n) is 2.96. The molecule has 2 aromatic rings. The van der Waals surface area contributed by atoms with E-state index in [0.717, 1.165) is 19.3 Å². The van der Waals surface area contributed by atoms with Crippen LogP contribution in [0.3, 0.4) is 0 Å². The van der Waals surface area contributed by atoms with Gasteiger partial charge in [0.15, 0.2) is 5.58 Å². The van der Waals surface area contributed by atoms with Crippen LogP contribution in [0.4, 0.5) is 4.39 Å². The third-order valence-corrected chi connectivity index (χ3v) is 4.15. The first-order chi connectivity index (χ1) is 8.98. The highest BCUT2D eigenvalue weighted by Gasteiger charge is 2.37. The van der Waals surface area contributed by atoms with Gasteiger partial charge in [0.2, 0.25) is 5.89 Å². The lowest BCUT2D eigenvalue weighted by Gasteiger charge is -2.33. The lowest BCUT2D eigenvalue weighted by atomic mass is 9.77. The summed E-state index contributed by atoms with van der Waals surface area (Å²) in [4.78, 5) is 4.35. The maximum Gasteiger partial charge on any atom is 0.215 e. The molecular formula is C14H16ClFN2O. The van der Waals surface area contributed by atoms with Crippen molar-refractivity contribution in [2.75, 3.05) is 0 Å². The highest BCUT2D eigenvalue weighted by Crippen LogP contribution is 2.39. The third kappa shape index (κ3) is 2.23. The molecule has 3 rings (SSSR count). The molecule has 0 spiro atoms. The van der Waals surface area contributed by atoms with Gasteiger partial charge < -0.3 is 10.2 Å². The van der Waals surface area contributed by atoms with Crippen molar-refractivity contribution in [3.05, 3.63) is 28.9 Å². The molecule has 3 nitrogen and oxygen atoms in total. The van der Waals surface area contributed by atoms with Crippen LogP contribution in [0.1, 0.15) is 38.5 Å². The van der Waals surface area contributed by atoms with Crippen molar-refractivity contribution in [2.24, 2.45) is 11.7 Å². The maximum absolute atomic E-state index is 13.3. The van der Waals surface area contributed by atoms with Crippen LogP contribution in [0.15, 0.2) is 16.5 Å². The normalized spacial score (nSPS) is 27.9. The van der Waals surface area contributed by atoms with E-state index in [1.54, 1.807) is 0 Å². The summed E-state index contributed by atoms with van der Waals surface area (Å²) in [5.41, 5.74) is 6.72. The van der Waals surface area contributed by atoms with Crippen molar-refractivity contribution in [3.63, 3.8) is 0 Å². The Kier molecular flexibility index (Phi) is 3.02. The molecule has 1 aromatic carbocycles. The van der Waals surface area contributed by atoms with E-state index >= 15 is 0 Å². The summed E-state index contributed by atoms with van der Waals surface area (Å²) in [5.74, 6) is 0.600. The van der Waals surface area contributed by atoms with E-state index in [9.17, 15) is 4.39 Å². The van der Waals surface area contributed by atoms with Gasteiger partial charge in [-0.25, -0.2) is 9.37 Å². The zero-order valence-corrected chi connectivity index (χ0v) is 11.5. The van der Waals surface area contributed by atoms with Crippen LogP contribution < -0.4 is 5.73 Å². The van der Waals surface area contributed by atoms with Crippen molar-refractivity contribution in [1.82, 2.24) is 4.98 Å². The third-order valence-electron chi connectivity index (χ3n) is 3.87. The molecule has 0 saturated heterocycles. The van der Waals surface area contributed by atoms with Crippen LogP contribution in [-0.2, 0) is 5.54 Å². The van der Waals surface area contributed by atoms with Crippen molar-refractivity contribution < 1.29 is 8.81 Å². The molecule has 0 radical (unpaired) electrons. The first kappa shape index (κ1) is 12.9. The zero-order chi connectivity index (χ0) is 13.6. The van der Waals surface area contributed by atoms with Gasteiger partial charge in [-0.3, -0.25) is 0 Å². The minimum absolute atomic E-state index is 0.237. The van der Waals surface area contributed by atoms with Crippen LogP contribution in [0.5, 0.6) is 0 Å². The molecule has 2 unspecified atom stereocenters. The van der Waals surface area contributed by atoms with Gasteiger partial charge in [0.25, 0.3) is 0 Å². The molecular weight excluding hydrogens is 267 g/mol. The summed E-state index contributed by atoms with van der Waals surface area (Å²) >= 11 is 5.97. The molecule has 2 N–H and O–H groups in total. The highest BCUT2D eigenvalue weighted by atomic mass is 35.5. The molecule has 19 heavy (non-hydrogen) atoms. The molecule has 2 atom stereocenters. The average molecular weight is 283 g/mol. The second-order valence-electron chi connectivity index (χ2n) is 5.61. The van der Waals surface area contributed by atoms with Crippen LogP contribution in [-0.4, -0.2) is 4.98 Å². The lowest BCUT2D eigenvalue weighted by Crippen LogP contribution is -2.41. The molecule has 1 aromatic heterocycles. The molecule has 0 aliphatic heterocycles. The first-order valence-electron chi connectivity index (χ1n) is 6.53. The summed E-state index contributed by atoms with van der Waals surface area (Å²) in [6.07, 6.45) is 3.90. The minimum Gasteiger partial charge on any atom is -0.437 e. The van der Waals surface area contributed by atoms with E-state index in [0.29, 0.717) is 22.9 Å². The number of fused-ring (bicyclic) bond motifs is 1. The van der Waals surface area contributed by atoms with Gasteiger partial charge in [0.1, 0.15) is 11.3 Å². The highest BCUT2D eigenvalue weighted by molar-refractivity contribution is 6.34. The van der Waals surface area contributed by atoms with E-state index in [4.69, 9.17) is 21.8 Å². The number of hydrogen-bond acceptors (Lipinski definition) is 3. The van der Waals surface area contributed by atoms with Crippen molar-refractivity contribution in [2.45, 2.75) is 38.1 Å². The smallest absolute Gasteiger partial charge is 0.215 e. The van der Waals surface area contributed by atoms with Gasteiger partial charge in [-0.05, 0) is 24.8 Å². The number of aromatic nitrogens is 1. The predicted octanol–water partition coefficient (Wildman–Crippen LogP) is 3.98. The Hall–Kier alpha value is -1.13. The van der Waals surface area contributed by atoms with Gasteiger partial charge in [-0.15, -0.1) is 0 Å². The minimum atomic E-state index is -0.559. The quantitative estimate of drug-likeness (QED) is 0.860. The van der Waals surface area contributed by atoms with Crippen molar-refractivity contribution in [3.8, 4) is 0 Å². The number of rotatable bonds is 1. The Morgan fingerprint density at radius 3 is 3.05 bits per heavy atom. The van der Waals surface area contributed by atoms with Crippen LogP contribution >= 0.6 is 11.6 Å². The van der Waals surface area contributed by atoms with Gasteiger partial charge in [-0.1, -0.05) is 31.4 Å². The number of nitrogens with two attached hydrogens (primary N) is 1. The number of hydrogen-bond donors (Lipinski definition) is 1. The molecule has 1 saturated carbocycles. The Morgan fingerprint density at radius 1 is 1.53 bits per heavy atom. The predicted molar refractivity (Wildman–Crippen MR) is 72.5 cm³/mol. The Labute approximate surface area is 115 Å². The second-order valence-corrected chi connectivity index (χ2v) is 6.02. The Morgan fingerprint density at radius 2 is 2.32 bits per heavy atom. The monoisotopic (exact) mass is 282 g/mol. The summed E-state index contributed by atoms with van der Waals surface area (Å²) in [7, 11) is 0. The molecule has 102 valence electrons.